The molecule has 1 aliphatic heterocycles. The predicted octanol–water partition coefficient (Wildman–Crippen LogP) is 3.12. The Hall–Kier alpha value is -2.84. The maximum absolute atomic E-state index is 12.7. The number of nitrogens with zero attached hydrogens (tertiary/aromatic N) is 3. The summed E-state index contributed by atoms with van der Waals surface area (Å²) in [6.45, 7) is 4.77. The molecule has 0 unspecified atom stereocenters. The largest absolute Gasteiger partial charge is 0.378 e. The number of carbonyl (C=O) groups is 1. The Bertz CT molecular complexity index is 981. The molecule has 2 aromatic carbocycles. The third-order valence-corrected chi connectivity index (χ3v) is 9.37. The van der Waals surface area contributed by atoms with Crippen LogP contribution in [0.2, 0.25) is 13.1 Å². The van der Waals surface area contributed by atoms with Gasteiger partial charge in [-0.05, 0) is 41.1 Å². The summed E-state index contributed by atoms with van der Waals surface area (Å²) in [5.41, 5.74) is 5.32. The molecule has 0 saturated carbocycles. The van der Waals surface area contributed by atoms with Gasteiger partial charge in [-0.1, -0.05) is 25.2 Å². The Balaban J connectivity index is 2.21. The van der Waals surface area contributed by atoms with Crippen molar-refractivity contribution in [2.75, 3.05) is 38.0 Å². The van der Waals surface area contributed by atoms with Crippen LogP contribution in [-0.4, -0.2) is 47.9 Å². The standard InChI is InChI=1S/C25H31N3OSi/c1-8-9-10-11-24(29)26-25-20-14-12-18(27(2)3)16-22(20)30(6,7)23-17-19(28(4)5)13-15-21(23)25/h1,12-17H,9-11H2,2-7H3. The van der Waals surface area contributed by atoms with Crippen molar-refractivity contribution in [3.8, 4) is 12.3 Å². The number of terminal acetylenes is 1. The topological polar surface area (TPSA) is 35.9 Å². The summed E-state index contributed by atoms with van der Waals surface area (Å²) < 4.78 is 0. The monoisotopic (exact) mass is 417 g/mol. The minimum atomic E-state index is -1.98. The zero-order chi connectivity index (χ0) is 22.1. The number of hydrogen-bond acceptors (Lipinski definition) is 3. The van der Waals surface area contributed by atoms with Gasteiger partial charge in [-0.25, -0.2) is 4.99 Å². The number of unbranched alkanes of at least 4 members (excludes halogenated alkanes) is 1. The summed E-state index contributed by atoms with van der Waals surface area (Å²) in [5.74, 6) is 2.49. The fourth-order valence-corrected chi connectivity index (χ4v) is 7.06. The molecule has 0 aliphatic carbocycles. The van der Waals surface area contributed by atoms with Gasteiger partial charge in [-0.3, -0.25) is 4.79 Å². The second kappa shape index (κ2) is 8.49. The van der Waals surface area contributed by atoms with Crippen LogP contribution in [-0.2, 0) is 4.79 Å². The maximum atomic E-state index is 12.7. The van der Waals surface area contributed by atoms with E-state index in [1.807, 2.05) is 0 Å². The second-order valence-corrected chi connectivity index (χ2v) is 13.1. The minimum absolute atomic E-state index is 0.105. The SMILES string of the molecule is C#CCCCC(=O)N=C1c2ccc(N(C)C)cc2[Si](C)(C)c2cc(N(C)C)ccc21. The highest BCUT2D eigenvalue weighted by Gasteiger charge is 2.38. The minimum Gasteiger partial charge on any atom is -0.378 e. The van der Waals surface area contributed by atoms with Gasteiger partial charge < -0.3 is 9.80 Å². The van der Waals surface area contributed by atoms with Crippen molar-refractivity contribution in [3.63, 3.8) is 0 Å². The van der Waals surface area contributed by atoms with E-state index in [4.69, 9.17) is 6.42 Å². The van der Waals surface area contributed by atoms with Crippen LogP contribution in [0.1, 0.15) is 30.4 Å². The van der Waals surface area contributed by atoms with E-state index < -0.39 is 8.07 Å². The molecule has 0 radical (unpaired) electrons. The Morgan fingerprint density at radius 1 is 0.967 bits per heavy atom. The smallest absolute Gasteiger partial charge is 0.246 e. The van der Waals surface area contributed by atoms with E-state index in [2.05, 4.69) is 98.4 Å². The summed E-state index contributed by atoms with van der Waals surface area (Å²) in [4.78, 5) is 21.5. The fourth-order valence-electron chi connectivity index (χ4n) is 4.00. The molecular formula is C25H31N3OSi. The van der Waals surface area contributed by atoms with Gasteiger partial charge in [0.25, 0.3) is 0 Å². The van der Waals surface area contributed by atoms with Crippen molar-refractivity contribution in [1.82, 2.24) is 0 Å². The Labute approximate surface area is 181 Å². The summed E-state index contributed by atoms with van der Waals surface area (Å²) in [7, 11) is 6.24. The van der Waals surface area contributed by atoms with Crippen LogP contribution in [0, 0.1) is 12.3 Å². The molecule has 1 amide bonds. The van der Waals surface area contributed by atoms with E-state index in [1.165, 1.54) is 21.7 Å². The van der Waals surface area contributed by atoms with Gasteiger partial charge in [-0.15, -0.1) is 12.3 Å². The molecule has 0 bridgehead atoms. The predicted molar refractivity (Wildman–Crippen MR) is 132 cm³/mol. The first-order chi connectivity index (χ1) is 14.2. The van der Waals surface area contributed by atoms with Crippen molar-refractivity contribution in [3.05, 3.63) is 47.5 Å². The molecule has 0 saturated heterocycles. The summed E-state index contributed by atoms with van der Waals surface area (Å²) in [6.07, 6.45) is 6.98. The lowest BCUT2D eigenvalue weighted by atomic mass is 9.99. The van der Waals surface area contributed by atoms with Crippen LogP contribution in [0.4, 0.5) is 11.4 Å². The molecule has 3 rings (SSSR count). The van der Waals surface area contributed by atoms with Gasteiger partial charge in [0.2, 0.25) is 5.91 Å². The highest BCUT2D eigenvalue weighted by molar-refractivity contribution is 7.02. The van der Waals surface area contributed by atoms with Crippen LogP contribution in [0.3, 0.4) is 0 Å². The second-order valence-electron chi connectivity index (χ2n) is 8.79. The average molecular weight is 418 g/mol. The van der Waals surface area contributed by atoms with E-state index in [9.17, 15) is 4.79 Å². The highest BCUT2D eigenvalue weighted by atomic mass is 28.3. The van der Waals surface area contributed by atoms with Crippen LogP contribution in [0.25, 0.3) is 0 Å². The molecule has 0 fully saturated rings. The van der Waals surface area contributed by atoms with Gasteiger partial charge in [-0.2, -0.15) is 0 Å². The fraction of sp³-hybridized carbons (Fsp3) is 0.360. The van der Waals surface area contributed by atoms with Crippen molar-refractivity contribution >= 4 is 41.4 Å². The van der Waals surface area contributed by atoms with Gasteiger partial charge >= 0.3 is 0 Å². The zero-order valence-electron chi connectivity index (χ0n) is 18.9. The van der Waals surface area contributed by atoms with Crippen molar-refractivity contribution in [1.29, 1.82) is 0 Å². The van der Waals surface area contributed by atoms with Crippen molar-refractivity contribution < 1.29 is 4.79 Å². The van der Waals surface area contributed by atoms with E-state index in [-0.39, 0.29) is 5.91 Å². The van der Waals surface area contributed by atoms with Gasteiger partial charge in [0.15, 0.2) is 0 Å². The summed E-state index contributed by atoms with van der Waals surface area (Å²) in [5, 5.41) is 2.65. The molecule has 156 valence electrons. The third-order valence-electron chi connectivity index (χ3n) is 5.84. The quantitative estimate of drug-likeness (QED) is 0.426. The first-order valence-electron chi connectivity index (χ1n) is 10.4. The lowest BCUT2D eigenvalue weighted by Gasteiger charge is -2.35. The first-order valence-corrected chi connectivity index (χ1v) is 13.4. The molecule has 30 heavy (non-hydrogen) atoms. The molecule has 0 atom stereocenters. The lowest BCUT2D eigenvalue weighted by Crippen LogP contribution is -2.60. The van der Waals surface area contributed by atoms with Crippen molar-refractivity contribution in [2.24, 2.45) is 4.99 Å². The zero-order valence-corrected chi connectivity index (χ0v) is 19.9. The molecule has 0 N–H and O–H groups in total. The lowest BCUT2D eigenvalue weighted by molar-refractivity contribution is -0.117. The van der Waals surface area contributed by atoms with Crippen LogP contribution in [0.15, 0.2) is 41.4 Å². The number of hydrogen-bond donors (Lipinski definition) is 0. The van der Waals surface area contributed by atoms with Gasteiger partial charge in [0, 0.05) is 63.5 Å². The molecule has 2 aromatic rings. The first kappa shape index (κ1) is 21.9. The normalized spacial score (nSPS) is 13.7. The van der Waals surface area contributed by atoms with Crippen LogP contribution in [0.5, 0.6) is 0 Å². The number of benzene rings is 2. The summed E-state index contributed by atoms with van der Waals surface area (Å²) >= 11 is 0. The number of fused-ring (bicyclic) bond motifs is 2. The Morgan fingerprint density at radius 2 is 1.47 bits per heavy atom. The molecule has 5 heteroatoms. The van der Waals surface area contributed by atoms with Crippen LogP contribution >= 0.6 is 0 Å². The molecule has 1 aliphatic rings. The van der Waals surface area contributed by atoms with E-state index in [0.29, 0.717) is 19.3 Å². The Morgan fingerprint density at radius 3 is 1.90 bits per heavy atom. The number of anilines is 2. The van der Waals surface area contributed by atoms with Crippen LogP contribution < -0.4 is 20.2 Å². The number of aliphatic imine (C=N–C) groups is 1. The molecule has 0 aromatic heterocycles. The van der Waals surface area contributed by atoms with Crippen molar-refractivity contribution in [2.45, 2.75) is 32.4 Å². The van der Waals surface area contributed by atoms with E-state index >= 15 is 0 Å². The highest BCUT2D eigenvalue weighted by Crippen LogP contribution is 2.26. The molecule has 4 nitrogen and oxygen atoms in total. The van der Waals surface area contributed by atoms with E-state index in [0.717, 1.165) is 16.8 Å². The number of carbonyl (C=O) groups excluding carboxylic acids is 1. The summed E-state index contributed by atoms with van der Waals surface area (Å²) in [6, 6.07) is 13.1. The molecule has 0 spiro atoms. The third kappa shape index (κ3) is 4.06. The van der Waals surface area contributed by atoms with Gasteiger partial charge in [0.1, 0.15) is 8.07 Å². The van der Waals surface area contributed by atoms with E-state index in [1.54, 1.807) is 0 Å². The van der Waals surface area contributed by atoms with Gasteiger partial charge in [0.05, 0.1) is 5.71 Å². The maximum Gasteiger partial charge on any atom is 0.246 e. The average Bonchev–Trinajstić information content (AvgIpc) is 2.70. The molecular weight excluding hydrogens is 386 g/mol. The molecule has 1 heterocycles. The number of rotatable bonds is 5. The number of amides is 1. The Kier molecular flexibility index (Phi) is 6.19.